The van der Waals surface area contributed by atoms with Gasteiger partial charge in [0.05, 0.1) is 5.39 Å². The molecule has 0 heterocycles. The van der Waals surface area contributed by atoms with Crippen molar-refractivity contribution >= 4 is 7.82 Å². The van der Waals surface area contributed by atoms with E-state index in [4.69, 9.17) is 34.9 Å². The first-order chi connectivity index (χ1) is 3.73. The average molecular weight is 163 g/mol. The van der Waals surface area contributed by atoms with E-state index in [0.29, 0.717) is 0 Å². The number of rotatable bonds is 0. The van der Waals surface area contributed by atoms with Gasteiger partial charge in [0.25, 0.3) is 0 Å². The van der Waals surface area contributed by atoms with Gasteiger partial charge in [0.1, 0.15) is 0 Å². The second-order valence-corrected chi connectivity index (χ2v) is 1.81. The van der Waals surface area contributed by atoms with Gasteiger partial charge in [-0.05, 0) is 0 Å². The number of phosphoric acid groups is 1. The third kappa shape index (κ3) is 113000. The van der Waals surface area contributed by atoms with Crippen LogP contribution in [0.1, 0.15) is 0 Å². The molecular formula is H6NO7P. The lowest BCUT2D eigenvalue weighted by Crippen LogP contribution is -2.04. The quantitative estimate of drug-likeness (QED) is 0.187. The van der Waals surface area contributed by atoms with Crippen LogP contribution < -0.4 is 0 Å². The first-order valence-corrected chi connectivity index (χ1v) is 2.95. The molecule has 0 aliphatic rings. The van der Waals surface area contributed by atoms with E-state index in [0.717, 1.165) is 0 Å². The fraction of sp³-hybridized carbons (Fsp3) is 0. The molecule has 0 bridgehead atoms. The highest BCUT2D eigenvalue weighted by Gasteiger charge is 2.00. The van der Waals surface area contributed by atoms with Crippen molar-refractivity contribution in [2.75, 3.05) is 0 Å². The predicted octanol–water partition coefficient (Wildman–Crippen LogP) is -1.47. The minimum absolute atomic E-state index is 1.00. The van der Waals surface area contributed by atoms with Crippen molar-refractivity contribution in [2.24, 2.45) is 0 Å². The second-order valence-electron chi connectivity index (χ2n) is 0.782. The van der Waals surface area contributed by atoms with Gasteiger partial charge in [-0.3, -0.25) is 15.6 Å². The van der Waals surface area contributed by atoms with Crippen LogP contribution in [0.4, 0.5) is 0 Å². The first-order valence-electron chi connectivity index (χ1n) is 1.38. The predicted molar refractivity (Wildman–Crippen MR) is 21.5 cm³/mol. The van der Waals surface area contributed by atoms with Crippen LogP contribution in [0.5, 0.6) is 0 Å². The summed E-state index contributed by atoms with van der Waals surface area (Å²) >= 11 is 0. The summed E-state index contributed by atoms with van der Waals surface area (Å²) in [5.41, 5.74) is 0. The van der Waals surface area contributed by atoms with Gasteiger partial charge in [-0.1, -0.05) is 0 Å². The molecule has 0 aliphatic carbocycles. The molecule has 0 aromatic heterocycles. The van der Waals surface area contributed by atoms with Crippen molar-refractivity contribution in [2.45, 2.75) is 0 Å². The zero-order valence-electron chi connectivity index (χ0n) is 3.99. The van der Waals surface area contributed by atoms with E-state index < -0.39 is 13.2 Å². The van der Waals surface area contributed by atoms with Crippen molar-refractivity contribution < 1.29 is 34.9 Å². The zero-order chi connectivity index (χ0) is 8.08. The molecule has 0 amide bonds. The Morgan fingerprint density at radius 3 is 1.00 bits per heavy atom. The lowest BCUT2D eigenvalue weighted by atomic mass is 13.0. The average Bonchev–Trinajstić information content (AvgIpc) is 1.19. The van der Waals surface area contributed by atoms with Crippen LogP contribution >= 0.6 is 7.82 Å². The van der Waals surface area contributed by atoms with E-state index in [9.17, 15) is 0 Å². The summed E-state index contributed by atoms with van der Waals surface area (Å²) in [5.74, 6) is 0. The van der Waals surface area contributed by atoms with Gasteiger partial charge in [0.2, 0.25) is 0 Å². The Morgan fingerprint density at radius 1 is 1.00 bits per heavy atom. The van der Waals surface area contributed by atoms with Crippen molar-refractivity contribution in [3.63, 3.8) is 0 Å². The van der Waals surface area contributed by atoms with E-state index in [-0.39, 0.29) is 0 Å². The van der Waals surface area contributed by atoms with Gasteiger partial charge in [0, 0.05) is 0 Å². The van der Waals surface area contributed by atoms with E-state index in [1.54, 1.807) is 0 Å². The molecule has 0 radical (unpaired) electrons. The Morgan fingerprint density at radius 2 is 1.00 bits per heavy atom. The maximum atomic E-state index is 8.88. The molecule has 0 saturated carbocycles. The van der Waals surface area contributed by atoms with E-state index >= 15 is 0 Å². The highest BCUT2D eigenvalue weighted by molar-refractivity contribution is 7.45. The molecule has 0 saturated heterocycles. The zero-order valence-corrected chi connectivity index (χ0v) is 4.88. The van der Waals surface area contributed by atoms with E-state index in [1.165, 1.54) is 0 Å². The van der Waals surface area contributed by atoms with E-state index in [2.05, 4.69) is 0 Å². The molecule has 0 rings (SSSR count). The molecular weight excluding hydrogens is 157 g/mol. The molecule has 0 atom stereocenters. The summed E-state index contributed by atoms with van der Waals surface area (Å²) in [5, 5.41) is 20.0. The fourth-order valence-corrected chi connectivity index (χ4v) is 0. The van der Waals surface area contributed by atoms with Gasteiger partial charge in [-0.25, -0.2) is 4.57 Å². The van der Waals surface area contributed by atoms with Crippen LogP contribution in [-0.4, -0.2) is 35.7 Å². The first kappa shape index (κ1) is 11.7. The minimum Gasteiger partial charge on any atom is -0.303 e. The molecule has 0 aliphatic heterocycles. The molecule has 8 nitrogen and oxygen atoms in total. The van der Waals surface area contributed by atoms with Gasteiger partial charge in [0.15, 0.2) is 0 Å². The SMILES string of the molecule is O=P(O)(O)O.ON(O)O. The highest BCUT2D eigenvalue weighted by Crippen LogP contribution is 2.25. The minimum atomic E-state index is -4.64. The van der Waals surface area contributed by atoms with Crippen molar-refractivity contribution in [3.05, 3.63) is 0 Å². The summed E-state index contributed by atoms with van der Waals surface area (Å²) in [6.45, 7) is 0. The normalized spacial score (nSPS) is 10.6. The largest absolute Gasteiger partial charge is 0.466 e. The number of nitrogens with zero attached hydrogens (tertiary/aromatic N) is 1. The summed E-state index contributed by atoms with van der Waals surface area (Å²) in [6, 6.07) is 0. The van der Waals surface area contributed by atoms with Gasteiger partial charge in [-0.15, -0.1) is 0 Å². The third-order valence-electron chi connectivity index (χ3n) is 0. The molecule has 0 aromatic carbocycles. The van der Waals surface area contributed by atoms with E-state index in [1.807, 2.05) is 0 Å². The smallest absolute Gasteiger partial charge is 0.303 e. The highest BCUT2D eigenvalue weighted by atomic mass is 31.2. The summed E-state index contributed by atoms with van der Waals surface area (Å²) in [6.07, 6.45) is 0. The fourth-order valence-electron chi connectivity index (χ4n) is 0. The monoisotopic (exact) mass is 163 g/mol. The van der Waals surface area contributed by atoms with Crippen molar-refractivity contribution in [3.8, 4) is 0 Å². The molecule has 0 aromatic rings. The van der Waals surface area contributed by atoms with Crippen LogP contribution in [-0.2, 0) is 4.57 Å². The Balaban J connectivity index is 0. The van der Waals surface area contributed by atoms with Crippen molar-refractivity contribution in [1.29, 1.82) is 0 Å². The maximum Gasteiger partial charge on any atom is 0.466 e. The summed E-state index contributed by atoms with van der Waals surface area (Å²) < 4.78 is 8.88. The lowest BCUT2D eigenvalue weighted by Gasteiger charge is -1.84. The Bertz CT molecular complexity index is 80.1. The number of hydrogen-bond acceptors (Lipinski definition) is 5. The lowest BCUT2D eigenvalue weighted by molar-refractivity contribution is -0.472. The topological polar surface area (TPSA) is 142 Å². The standard InChI is InChI=1S/H3NO3.H3O4P/c2-1(3)4;1-5(2,3)4/h2-4H;(H3,1,2,3,4). The van der Waals surface area contributed by atoms with Crippen LogP contribution in [0.15, 0.2) is 0 Å². The maximum absolute atomic E-state index is 8.88. The summed E-state index contributed by atoms with van der Waals surface area (Å²) in [4.78, 5) is 21.6. The van der Waals surface area contributed by atoms with Crippen LogP contribution in [0.2, 0.25) is 0 Å². The molecule has 6 N–H and O–H groups in total. The van der Waals surface area contributed by atoms with Gasteiger partial charge in [-0.2, -0.15) is 0 Å². The molecule has 9 heteroatoms. The molecule has 0 spiro atoms. The van der Waals surface area contributed by atoms with Crippen molar-refractivity contribution in [1.82, 2.24) is 5.39 Å². The Hall–Kier alpha value is -0.0500. The Labute approximate surface area is 49.3 Å². The third-order valence-corrected chi connectivity index (χ3v) is 0. The van der Waals surface area contributed by atoms with Gasteiger partial charge >= 0.3 is 7.82 Å². The van der Waals surface area contributed by atoms with Gasteiger partial charge < -0.3 is 14.7 Å². The molecule has 0 fully saturated rings. The second kappa shape index (κ2) is 4.79. The molecule has 58 valence electrons. The number of hydrogen-bond donors (Lipinski definition) is 6. The molecule has 9 heavy (non-hydrogen) atoms. The van der Waals surface area contributed by atoms with Crippen LogP contribution in [0.25, 0.3) is 0 Å². The van der Waals surface area contributed by atoms with Crippen LogP contribution in [0.3, 0.4) is 0 Å². The summed E-state index contributed by atoms with van der Waals surface area (Å²) in [7, 11) is -4.64. The molecule has 0 unspecified atom stereocenters. The van der Waals surface area contributed by atoms with Crippen LogP contribution in [0, 0.1) is 0 Å². The Kier molecular flexibility index (Phi) is 6.24.